The van der Waals surface area contributed by atoms with Crippen molar-refractivity contribution in [3.63, 3.8) is 0 Å². The van der Waals surface area contributed by atoms with Crippen molar-refractivity contribution in [2.75, 3.05) is 39.3 Å². The van der Waals surface area contributed by atoms with Crippen LogP contribution >= 0.6 is 0 Å². The Balaban J connectivity index is 1.59. The van der Waals surface area contributed by atoms with Gasteiger partial charge in [0.1, 0.15) is 18.5 Å². The maximum atomic E-state index is 12.9. The third-order valence-electron chi connectivity index (χ3n) is 4.76. The first-order valence-electron chi connectivity index (χ1n) is 9.33. The molecule has 1 unspecified atom stereocenters. The van der Waals surface area contributed by atoms with Crippen molar-refractivity contribution in [1.29, 1.82) is 0 Å². The maximum Gasteiger partial charge on any atom is 0.319 e. The standard InChI is InChI=1S/C17H26F2N6O2/c1-2-20-17(22-12-14-21-5-6-25(14)16(18)19)24-9-7-23(8-10-24)15(26)13-4-3-11-27-13/h5-6,13,16H,2-4,7-12H2,1H3,(H,20,22). The summed E-state index contributed by atoms with van der Waals surface area (Å²) in [5.41, 5.74) is 0. The van der Waals surface area contributed by atoms with E-state index in [1.54, 1.807) is 0 Å². The molecule has 1 N–H and O–H groups in total. The highest BCUT2D eigenvalue weighted by molar-refractivity contribution is 5.82. The lowest BCUT2D eigenvalue weighted by molar-refractivity contribution is -0.142. The summed E-state index contributed by atoms with van der Waals surface area (Å²) in [5.74, 6) is 0.922. The summed E-state index contributed by atoms with van der Waals surface area (Å²) in [6, 6.07) is 0. The first kappa shape index (κ1) is 19.5. The first-order valence-corrected chi connectivity index (χ1v) is 9.33. The molecule has 3 rings (SSSR count). The lowest BCUT2D eigenvalue weighted by atomic mass is 10.2. The van der Waals surface area contributed by atoms with E-state index in [0.717, 1.165) is 17.4 Å². The van der Waals surface area contributed by atoms with Crippen molar-refractivity contribution >= 4 is 11.9 Å². The number of nitrogens with zero attached hydrogens (tertiary/aromatic N) is 5. The lowest BCUT2D eigenvalue weighted by Gasteiger charge is -2.37. The van der Waals surface area contributed by atoms with Crippen molar-refractivity contribution in [2.24, 2.45) is 4.99 Å². The number of ether oxygens (including phenoxy) is 1. The average Bonchev–Trinajstić information content (AvgIpc) is 3.36. The van der Waals surface area contributed by atoms with Crippen molar-refractivity contribution in [1.82, 2.24) is 24.7 Å². The number of amides is 1. The van der Waals surface area contributed by atoms with Gasteiger partial charge in [0, 0.05) is 51.7 Å². The first-order chi connectivity index (χ1) is 13.1. The predicted molar refractivity (Wildman–Crippen MR) is 95.4 cm³/mol. The van der Waals surface area contributed by atoms with Crippen molar-refractivity contribution in [3.8, 4) is 0 Å². The van der Waals surface area contributed by atoms with Gasteiger partial charge in [0.25, 0.3) is 5.91 Å². The Hall–Kier alpha value is -2.23. The van der Waals surface area contributed by atoms with Crippen LogP contribution in [0, 0.1) is 0 Å². The molecule has 0 bridgehead atoms. The van der Waals surface area contributed by atoms with Gasteiger partial charge >= 0.3 is 6.55 Å². The van der Waals surface area contributed by atoms with Gasteiger partial charge in [-0.2, -0.15) is 8.78 Å². The third kappa shape index (κ3) is 4.74. The molecule has 0 aliphatic carbocycles. The van der Waals surface area contributed by atoms with Crippen LogP contribution in [0.2, 0.25) is 0 Å². The van der Waals surface area contributed by atoms with Gasteiger partial charge in [-0.15, -0.1) is 0 Å². The van der Waals surface area contributed by atoms with Gasteiger partial charge in [0.15, 0.2) is 5.96 Å². The molecule has 8 nitrogen and oxygen atoms in total. The van der Waals surface area contributed by atoms with Crippen molar-refractivity contribution < 1.29 is 18.3 Å². The fourth-order valence-corrected chi connectivity index (χ4v) is 3.33. The van der Waals surface area contributed by atoms with Gasteiger partial charge in [0.05, 0.1) is 0 Å². The van der Waals surface area contributed by atoms with Crippen molar-refractivity contribution in [3.05, 3.63) is 18.2 Å². The minimum absolute atomic E-state index is 0.0630. The second kappa shape index (κ2) is 9.12. The number of imidazole rings is 1. The van der Waals surface area contributed by atoms with E-state index < -0.39 is 6.55 Å². The van der Waals surface area contributed by atoms with Crippen LogP contribution in [-0.2, 0) is 16.1 Å². The van der Waals surface area contributed by atoms with E-state index in [0.29, 0.717) is 45.3 Å². The van der Waals surface area contributed by atoms with Crippen LogP contribution in [0.1, 0.15) is 32.1 Å². The van der Waals surface area contributed by atoms with Gasteiger partial charge in [-0.3, -0.25) is 9.36 Å². The number of aromatic nitrogens is 2. The molecule has 0 saturated carbocycles. The molecule has 2 saturated heterocycles. The number of aliphatic imine (C=N–C) groups is 1. The SMILES string of the molecule is CCNC(=NCc1nccn1C(F)F)N1CCN(C(=O)C2CCCO2)CC1. The molecule has 0 radical (unpaired) electrons. The molecule has 0 aromatic carbocycles. The van der Waals surface area contributed by atoms with Crippen LogP contribution in [0.4, 0.5) is 8.78 Å². The minimum atomic E-state index is -2.63. The van der Waals surface area contributed by atoms with E-state index in [1.807, 2.05) is 16.7 Å². The maximum absolute atomic E-state index is 12.9. The van der Waals surface area contributed by atoms with E-state index in [9.17, 15) is 13.6 Å². The predicted octanol–water partition coefficient (Wildman–Crippen LogP) is 1.07. The molecule has 0 spiro atoms. The summed E-state index contributed by atoms with van der Waals surface area (Å²) in [7, 11) is 0. The monoisotopic (exact) mass is 384 g/mol. The second-order valence-corrected chi connectivity index (χ2v) is 6.51. The normalized spacial score (nSPS) is 21.2. The number of hydrogen-bond acceptors (Lipinski definition) is 4. The molecule has 150 valence electrons. The Morgan fingerprint density at radius 1 is 1.37 bits per heavy atom. The topological polar surface area (TPSA) is 75.0 Å². The van der Waals surface area contributed by atoms with Gasteiger partial charge in [-0.1, -0.05) is 0 Å². The minimum Gasteiger partial charge on any atom is -0.368 e. The van der Waals surface area contributed by atoms with E-state index in [-0.39, 0.29) is 24.4 Å². The highest BCUT2D eigenvalue weighted by Gasteiger charge is 2.30. The zero-order chi connectivity index (χ0) is 19.2. The Kier molecular flexibility index (Phi) is 6.59. The Bertz CT molecular complexity index is 652. The number of carbonyl (C=O) groups excluding carboxylic acids is 1. The largest absolute Gasteiger partial charge is 0.368 e. The highest BCUT2D eigenvalue weighted by Crippen LogP contribution is 2.16. The number of alkyl halides is 2. The van der Waals surface area contributed by atoms with Crippen LogP contribution in [0.3, 0.4) is 0 Å². The number of rotatable bonds is 5. The zero-order valence-electron chi connectivity index (χ0n) is 15.5. The summed E-state index contributed by atoms with van der Waals surface area (Å²) in [6.45, 7) is 3.15. The fourth-order valence-electron chi connectivity index (χ4n) is 3.33. The molecule has 1 amide bonds. The van der Waals surface area contributed by atoms with Crippen LogP contribution in [0.25, 0.3) is 0 Å². The summed E-state index contributed by atoms with van der Waals surface area (Å²) in [5, 5.41) is 3.19. The average molecular weight is 384 g/mol. The van der Waals surface area contributed by atoms with E-state index >= 15 is 0 Å². The number of hydrogen-bond donors (Lipinski definition) is 1. The summed E-state index contributed by atoms with van der Waals surface area (Å²) in [4.78, 5) is 24.7. The molecule has 10 heteroatoms. The van der Waals surface area contributed by atoms with Crippen LogP contribution in [-0.4, -0.2) is 76.7 Å². The summed E-state index contributed by atoms with van der Waals surface area (Å²) >= 11 is 0. The quantitative estimate of drug-likeness (QED) is 0.607. The molecule has 1 aromatic heterocycles. The smallest absolute Gasteiger partial charge is 0.319 e. The zero-order valence-corrected chi connectivity index (χ0v) is 15.5. The molecule has 2 aliphatic rings. The van der Waals surface area contributed by atoms with Gasteiger partial charge in [0.2, 0.25) is 0 Å². The number of guanidine groups is 1. The number of nitrogens with one attached hydrogen (secondary N) is 1. The number of halogens is 2. The van der Waals surface area contributed by atoms with E-state index in [2.05, 4.69) is 15.3 Å². The van der Waals surface area contributed by atoms with Crippen molar-refractivity contribution in [2.45, 2.75) is 39.0 Å². The molecule has 1 aromatic rings. The molecular formula is C17H26F2N6O2. The summed E-state index contributed by atoms with van der Waals surface area (Å²) < 4.78 is 32.2. The molecular weight excluding hydrogens is 358 g/mol. The fraction of sp³-hybridized carbons (Fsp3) is 0.706. The molecule has 2 fully saturated rings. The van der Waals surface area contributed by atoms with Crippen LogP contribution < -0.4 is 5.32 Å². The van der Waals surface area contributed by atoms with Crippen LogP contribution in [0.5, 0.6) is 0 Å². The number of carbonyl (C=O) groups is 1. The van der Waals surface area contributed by atoms with Gasteiger partial charge < -0.3 is 19.9 Å². The Labute approximate surface area is 157 Å². The van der Waals surface area contributed by atoms with E-state index in [1.165, 1.54) is 12.4 Å². The second-order valence-electron chi connectivity index (χ2n) is 6.51. The summed E-state index contributed by atoms with van der Waals surface area (Å²) in [6.07, 6.45) is 4.02. The number of piperazine rings is 1. The van der Waals surface area contributed by atoms with Gasteiger partial charge in [-0.25, -0.2) is 9.98 Å². The third-order valence-corrected chi connectivity index (χ3v) is 4.76. The lowest BCUT2D eigenvalue weighted by Crippen LogP contribution is -2.55. The van der Waals surface area contributed by atoms with E-state index in [4.69, 9.17) is 4.74 Å². The molecule has 1 atom stereocenters. The van der Waals surface area contributed by atoms with Gasteiger partial charge in [-0.05, 0) is 19.8 Å². The Morgan fingerprint density at radius 3 is 2.74 bits per heavy atom. The molecule has 2 aliphatic heterocycles. The highest BCUT2D eigenvalue weighted by atomic mass is 19.3. The van der Waals surface area contributed by atoms with Crippen LogP contribution in [0.15, 0.2) is 17.4 Å². The molecule has 27 heavy (non-hydrogen) atoms. The Morgan fingerprint density at radius 2 is 2.11 bits per heavy atom. The molecule has 3 heterocycles.